The summed E-state index contributed by atoms with van der Waals surface area (Å²) in [7, 11) is 0. The molecule has 0 aliphatic carbocycles. The molecule has 4 rings (SSSR count). The number of phenols is 1. The van der Waals surface area contributed by atoms with Gasteiger partial charge >= 0.3 is 11.7 Å². The van der Waals surface area contributed by atoms with E-state index in [1.807, 2.05) is 0 Å². The summed E-state index contributed by atoms with van der Waals surface area (Å²) in [6.07, 6.45) is 4.20. The number of nitrogens with zero attached hydrogens (tertiary/aromatic N) is 3. The second kappa shape index (κ2) is 14.3. The van der Waals surface area contributed by atoms with E-state index in [1.165, 1.54) is 16.7 Å². The zero-order valence-corrected chi connectivity index (χ0v) is 24.5. The number of aromatic amines is 1. The van der Waals surface area contributed by atoms with Crippen molar-refractivity contribution in [2.75, 3.05) is 26.2 Å². The van der Waals surface area contributed by atoms with Crippen LogP contribution in [0.1, 0.15) is 57.1 Å². The number of ether oxygens (including phenoxy) is 1. The Hall–Kier alpha value is -3.99. The zero-order valence-electron chi connectivity index (χ0n) is 24.5. The SMILES string of the molecule is CCCCCOC(=O)C(C)CNC(=O)C1CCN(Cc2ccc(-n3c(-c4ccc(O)c(C)c4)n[nH]c3=O)cc2F)CC1. The molecule has 0 bridgehead atoms. The van der Waals surface area contributed by atoms with Gasteiger partial charge in [0.2, 0.25) is 5.91 Å². The Kier molecular flexibility index (Phi) is 10.5. The fraction of sp³-hybridized carbons (Fsp3) is 0.484. The van der Waals surface area contributed by atoms with Crippen molar-refractivity contribution >= 4 is 11.9 Å². The summed E-state index contributed by atoms with van der Waals surface area (Å²) in [5.74, 6) is -0.915. The van der Waals surface area contributed by atoms with Gasteiger partial charge in [0.05, 0.1) is 18.2 Å². The van der Waals surface area contributed by atoms with E-state index in [1.54, 1.807) is 38.1 Å². The molecule has 0 spiro atoms. The fourth-order valence-corrected chi connectivity index (χ4v) is 5.07. The molecular weight excluding hydrogens is 541 g/mol. The number of benzene rings is 2. The number of halogens is 1. The molecule has 1 amide bonds. The second-order valence-electron chi connectivity index (χ2n) is 11.0. The molecule has 1 unspecified atom stereocenters. The smallest absolute Gasteiger partial charge is 0.348 e. The Morgan fingerprint density at radius 2 is 1.95 bits per heavy atom. The summed E-state index contributed by atoms with van der Waals surface area (Å²) in [6.45, 7) is 7.90. The van der Waals surface area contributed by atoms with Crippen LogP contribution in [0, 0.1) is 24.6 Å². The van der Waals surface area contributed by atoms with Gasteiger partial charge < -0.3 is 15.2 Å². The highest BCUT2D eigenvalue weighted by molar-refractivity contribution is 5.80. The number of esters is 1. The average molecular weight is 582 g/mol. The number of nitrogens with one attached hydrogen (secondary N) is 2. The minimum Gasteiger partial charge on any atom is -0.508 e. The zero-order chi connectivity index (χ0) is 30.2. The van der Waals surface area contributed by atoms with E-state index in [4.69, 9.17) is 4.74 Å². The average Bonchev–Trinajstić information content (AvgIpc) is 3.37. The maximum absolute atomic E-state index is 15.2. The van der Waals surface area contributed by atoms with E-state index < -0.39 is 17.4 Å². The maximum Gasteiger partial charge on any atom is 0.348 e. The van der Waals surface area contributed by atoms with Crippen LogP contribution in [0.3, 0.4) is 0 Å². The van der Waals surface area contributed by atoms with Gasteiger partial charge in [-0.05, 0) is 75.2 Å². The van der Waals surface area contributed by atoms with Crippen molar-refractivity contribution in [3.8, 4) is 22.8 Å². The first-order chi connectivity index (χ1) is 20.2. The predicted molar refractivity (Wildman–Crippen MR) is 157 cm³/mol. The monoisotopic (exact) mass is 581 g/mol. The summed E-state index contributed by atoms with van der Waals surface area (Å²) in [4.78, 5) is 39.5. The van der Waals surface area contributed by atoms with Crippen molar-refractivity contribution in [1.82, 2.24) is 25.0 Å². The van der Waals surface area contributed by atoms with Crippen LogP contribution >= 0.6 is 0 Å². The van der Waals surface area contributed by atoms with Gasteiger partial charge in [0.25, 0.3) is 0 Å². The van der Waals surface area contributed by atoms with Crippen LogP contribution in [0.2, 0.25) is 0 Å². The van der Waals surface area contributed by atoms with Crippen molar-refractivity contribution in [1.29, 1.82) is 0 Å². The highest BCUT2D eigenvalue weighted by atomic mass is 19.1. The molecule has 1 fully saturated rings. The number of phenolic OH excluding ortho intramolecular Hbond substituents is 1. The number of rotatable bonds is 12. The third-order valence-corrected chi connectivity index (χ3v) is 7.75. The van der Waals surface area contributed by atoms with E-state index in [0.717, 1.165) is 19.3 Å². The van der Waals surface area contributed by atoms with Gasteiger partial charge in [0, 0.05) is 30.1 Å². The van der Waals surface area contributed by atoms with Gasteiger partial charge in [-0.1, -0.05) is 32.8 Å². The number of amides is 1. The number of H-pyrrole nitrogens is 1. The van der Waals surface area contributed by atoms with E-state index in [2.05, 4.69) is 27.3 Å². The number of aromatic hydroxyl groups is 1. The van der Waals surface area contributed by atoms with Gasteiger partial charge in [-0.3, -0.25) is 14.5 Å². The van der Waals surface area contributed by atoms with Gasteiger partial charge in [-0.2, -0.15) is 5.10 Å². The molecule has 2 heterocycles. The molecule has 1 aliphatic rings. The minimum atomic E-state index is -0.499. The number of hydrogen-bond donors (Lipinski definition) is 3. The third-order valence-electron chi connectivity index (χ3n) is 7.75. The lowest BCUT2D eigenvalue weighted by molar-refractivity contribution is -0.148. The summed E-state index contributed by atoms with van der Waals surface area (Å²) in [6, 6.07) is 9.55. The second-order valence-corrected chi connectivity index (χ2v) is 11.0. The standard InChI is InChI=1S/C31H40FN5O5/c1-4-5-6-15-42-30(40)21(3)18-33-29(39)22-11-13-36(14-12-22)19-24-7-9-25(17-26(24)32)37-28(34-35-31(37)41)23-8-10-27(38)20(2)16-23/h7-10,16-17,21-22,38H,4-6,11-15,18-19H2,1-3H3,(H,33,39)(H,35,41). The van der Waals surface area contributed by atoms with Crippen LogP contribution in [0.5, 0.6) is 5.75 Å². The number of piperidine rings is 1. The van der Waals surface area contributed by atoms with Crippen LogP contribution in [0.4, 0.5) is 4.39 Å². The molecule has 0 saturated carbocycles. The molecule has 3 aromatic rings. The van der Waals surface area contributed by atoms with E-state index in [9.17, 15) is 19.5 Å². The van der Waals surface area contributed by atoms with Crippen molar-refractivity contribution in [2.45, 2.75) is 59.4 Å². The minimum absolute atomic E-state index is 0.0685. The molecule has 3 N–H and O–H groups in total. The van der Waals surface area contributed by atoms with Crippen LogP contribution in [-0.2, 0) is 20.9 Å². The first-order valence-corrected chi connectivity index (χ1v) is 14.6. The molecule has 11 heteroatoms. The lowest BCUT2D eigenvalue weighted by atomic mass is 9.95. The van der Waals surface area contributed by atoms with Crippen LogP contribution < -0.4 is 11.0 Å². The Balaban J connectivity index is 1.30. The Morgan fingerprint density at radius 3 is 2.64 bits per heavy atom. The fourth-order valence-electron chi connectivity index (χ4n) is 5.07. The number of likely N-dealkylation sites (tertiary alicyclic amines) is 1. The molecule has 10 nitrogen and oxygen atoms in total. The quantitative estimate of drug-likeness (QED) is 0.217. The largest absolute Gasteiger partial charge is 0.508 e. The molecule has 1 atom stereocenters. The van der Waals surface area contributed by atoms with Gasteiger partial charge in [0.15, 0.2) is 5.82 Å². The Morgan fingerprint density at radius 1 is 1.19 bits per heavy atom. The van der Waals surface area contributed by atoms with Gasteiger partial charge in [-0.25, -0.2) is 18.9 Å². The number of unbranched alkanes of at least 4 members (excludes halogenated alkanes) is 2. The Bertz CT molecular complexity index is 1440. The van der Waals surface area contributed by atoms with Crippen LogP contribution in [0.15, 0.2) is 41.2 Å². The van der Waals surface area contributed by atoms with Gasteiger partial charge in [0.1, 0.15) is 11.6 Å². The molecular formula is C31H40FN5O5. The lowest BCUT2D eigenvalue weighted by Gasteiger charge is -2.31. The lowest BCUT2D eigenvalue weighted by Crippen LogP contribution is -2.42. The van der Waals surface area contributed by atoms with Crippen LogP contribution in [-0.4, -0.2) is 62.9 Å². The summed E-state index contributed by atoms with van der Waals surface area (Å²) in [5.41, 5.74) is 1.57. The van der Waals surface area contributed by atoms with E-state index in [0.29, 0.717) is 67.3 Å². The van der Waals surface area contributed by atoms with E-state index in [-0.39, 0.29) is 30.1 Å². The van der Waals surface area contributed by atoms with E-state index >= 15 is 4.39 Å². The molecule has 2 aromatic carbocycles. The predicted octanol–water partition coefficient (Wildman–Crippen LogP) is 4.08. The number of carbonyl (C=O) groups is 2. The molecule has 1 saturated heterocycles. The topological polar surface area (TPSA) is 130 Å². The number of aryl methyl sites for hydroxylation is 1. The summed E-state index contributed by atoms with van der Waals surface area (Å²) >= 11 is 0. The van der Waals surface area contributed by atoms with Crippen molar-refractivity contribution in [3.05, 3.63) is 63.8 Å². The van der Waals surface area contributed by atoms with Crippen molar-refractivity contribution in [3.63, 3.8) is 0 Å². The molecule has 0 radical (unpaired) electrons. The molecule has 226 valence electrons. The number of aromatic nitrogens is 3. The molecule has 1 aliphatic heterocycles. The van der Waals surface area contributed by atoms with Crippen molar-refractivity contribution < 1.29 is 23.8 Å². The normalized spacial score (nSPS) is 15.0. The molecule has 42 heavy (non-hydrogen) atoms. The molecule has 1 aromatic heterocycles. The van der Waals surface area contributed by atoms with Gasteiger partial charge in [-0.15, -0.1) is 0 Å². The highest BCUT2D eigenvalue weighted by Crippen LogP contribution is 2.26. The maximum atomic E-state index is 15.2. The summed E-state index contributed by atoms with van der Waals surface area (Å²) in [5, 5.41) is 19.3. The Labute approximate surface area is 244 Å². The third kappa shape index (κ3) is 7.64. The summed E-state index contributed by atoms with van der Waals surface area (Å²) < 4.78 is 21.8. The number of hydrogen-bond acceptors (Lipinski definition) is 7. The first-order valence-electron chi connectivity index (χ1n) is 14.6. The van der Waals surface area contributed by atoms with Crippen LogP contribution in [0.25, 0.3) is 17.1 Å². The highest BCUT2D eigenvalue weighted by Gasteiger charge is 2.26. The van der Waals surface area contributed by atoms with Crippen molar-refractivity contribution in [2.24, 2.45) is 11.8 Å². The first kappa shape index (κ1) is 31.0. The number of carbonyl (C=O) groups excluding carboxylic acids is 2.